The second-order valence-corrected chi connectivity index (χ2v) is 6.54. The monoisotopic (exact) mass is 298 g/mol. The Morgan fingerprint density at radius 2 is 2.35 bits per heavy atom. The molecular formula is C15H26N2O2S. The van der Waals surface area contributed by atoms with Gasteiger partial charge in [0.1, 0.15) is 11.1 Å². The molecular weight excluding hydrogens is 272 g/mol. The van der Waals surface area contributed by atoms with Crippen molar-refractivity contribution in [2.75, 3.05) is 19.7 Å². The number of thiazole rings is 1. The minimum absolute atomic E-state index is 0.0883. The second-order valence-electron chi connectivity index (χ2n) is 5.65. The fourth-order valence-corrected chi connectivity index (χ4v) is 3.57. The lowest BCUT2D eigenvalue weighted by molar-refractivity contribution is 0.0591. The van der Waals surface area contributed by atoms with Crippen LogP contribution in [0, 0.1) is 5.92 Å². The first-order valence-corrected chi connectivity index (χ1v) is 8.44. The maximum absolute atomic E-state index is 9.74. The number of hydrogen-bond acceptors (Lipinski definition) is 5. The molecule has 0 amide bonds. The van der Waals surface area contributed by atoms with Crippen LogP contribution in [0.3, 0.4) is 0 Å². The number of nitrogens with zero attached hydrogens (tertiary/aromatic N) is 2. The first kappa shape index (κ1) is 15.9. The van der Waals surface area contributed by atoms with Gasteiger partial charge in [0.25, 0.3) is 0 Å². The van der Waals surface area contributed by atoms with Gasteiger partial charge in [0, 0.05) is 25.1 Å². The van der Waals surface area contributed by atoms with Crippen molar-refractivity contribution in [1.82, 2.24) is 9.88 Å². The number of piperidine rings is 1. The summed E-state index contributed by atoms with van der Waals surface area (Å²) in [5, 5.41) is 12.9. The van der Waals surface area contributed by atoms with Crippen LogP contribution < -0.4 is 0 Å². The van der Waals surface area contributed by atoms with E-state index < -0.39 is 0 Å². The molecule has 1 fully saturated rings. The van der Waals surface area contributed by atoms with Crippen molar-refractivity contribution in [3.05, 3.63) is 16.1 Å². The minimum atomic E-state index is -0.207. The largest absolute Gasteiger partial charge is 0.393 e. The molecule has 0 spiro atoms. The molecule has 1 N–H and O–H groups in total. The average molecular weight is 298 g/mol. The summed E-state index contributed by atoms with van der Waals surface area (Å²) < 4.78 is 5.58. The molecule has 3 unspecified atom stereocenters. The summed E-state index contributed by atoms with van der Waals surface area (Å²) in [6.07, 6.45) is 2.19. The molecule has 2 rings (SSSR count). The van der Waals surface area contributed by atoms with Gasteiger partial charge in [-0.05, 0) is 46.1 Å². The normalized spacial score (nSPS) is 23.7. The van der Waals surface area contributed by atoms with Crippen molar-refractivity contribution in [3.63, 3.8) is 0 Å². The van der Waals surface area contributed by atoms with E-state index in [0.29, 0.717) is 5.92 Å². The molecule has 0 aromatic carbocycles. The quantitative estimate of drug-likeness (QED) is 0.877. The molecule has 1 aliphatic heterocycles. The SMILES string of the molecule is CCOC(C)c1nc(CN2CCCC(C(C)O)C2)cs1. The Morgan fingerprint density at radius 3 is 3.05 bits per heavy atom. The highest BCUT2D eigenvalue weighted by Gasteiger charge is 2.24. The first-order valence-electron chi connectivity index (χ1n) is 7.56. The zero-order valence-corrected chi connectivity index (χ0v) is 13.5. The van der Waals surface area contributed by atoms with E-state index in [9.17, 15) is 5.11 Å². The van der Waals surface area contributed by atoms with E-state index in [0.717, 1.165) is 43.4 Å². The maximum atomic E-state index is 9.74. The summed E-state index contributed by atoms with van der Waals surface area (Å²) >= 11 is 1.68. The predicted molar refractivity (Wildman–Crippen MR) is 81.8 cm³/mol. The van der Waals surface area contributed by atoms with Gasteiger partial charge in [0.05, 0.1) is 11.8 Å². The Hall–Kier alpha value is -0.490. The molecule has 20 heavy (non-hydrogen) atoms. The third kappa shape index (κ3) is 4.25. The summed E-state index contributed by atoms with van der Waals surface area (Å²) in [6.45, 7) is 9.66. The molecule has 1 aliphatic rings. The molecule has 0 aliphatic carbocycles. The Bertz CT molecular complexity index is 408. The van der Waals surface area contributed by atoms with E-state index in [1.807, 2.05) is 13.8 Å². The molecule has 1 saturated heterocycles. The van der Waals surface area contributed by atoms with E-state index in [1.54, 1.807) is 11.3 Å². The van der Waals surface area contributed by atoms with Gasteiger partial charge >= 0.3 is 0 Å². The van der Waals surface area contributed by atoms with Crippen LogP contribution in [0.2, 0.25) is 0 Å². The van der Waals surface area contributed by atoms with Crippen molar-refractivity contribution in [1.29, 1.82) is 0 Å². The van der Waals surface area contributed by atoms with Gasteiger partial charge in [-0.3, -0.25) is 4.90 Å². The lowest BCUT2D eigenvalue weighted by Crippen LogP contribution is -2.39. The van der Waals surface area contributed by atoms with Crippen LogP contribution in [0.5, 0.6) is 0 Å². The van der Waals surface area contributed by atoms with E-state index in [1.165, 1.54) is 6.42 Å². The number of aromatic nitrogens is 1. The van der Waals surface area contributed by atoms with Gasteiger partial charge in [-0.1, -0.05) is 0 Å². The molecule has 5 heteroatoms. The van der Waals surface area contributed by atoms with Crippen molar-refractivity contribution < 1.29 is 9.84 Å². The fourth-order valence-electron chi connectivity index (χ4n) is 2.76. The molecule has 3 atom stereocenters. The molecule has 4 nitrogen and oxygen atoms in total. The van der Waals surface area contributed by atoms with Crippen LogP contribution in [0.4, 0.5) is 0 Å². The molecule has 1 aromatic heterocycles. The third-order valence-electron chi connectivity index (χ3n) is 3.94. The van der Waals surface area contributed by atoms with E-state index in [2.05, 4.69) is 22.2 Å². The zero-order chi connectivity index (χ0) is 14.5. The average Bonchev–Trinajstić information content (AvgIpc) is 2.88. The summed E-state index contributed by atoms with van der Waals surface area (Å²) in [6, 6.07) is 0. The van der Waals surface area contributed by atoms with Crippen LogP contribution in [-0.2, 0) is 11.3 Å². The number of rotatable bonds is 6. The summed E-state index contributed by atoms with van der Waals surface area (Å²) in [7, 11) is 0. The fraction of sp³-hybridized carbons (Fsp3) is 0.800. The predicted octanol–water partition coefficient (Wildman–Crippen LogP) is 2.83. The van der Waals surface area contributed by atoms with Crippen molar-refractivity contribution in [3.8, 4) is 0 Å². The summed E-state index contributed by atoms with van der Waals surface area (Å²) in [5.74, 6) is 0.407. The molecule has 1 aromatic rings. The zero-order valence-electron chi connectivity index (χ0n) is 12.7. The Labute approximate surface area is 125 Å². The highest BCUT2D eigenvalue weighted by molar-refractivity contribution is 7.09. The van der Waals surface area contributed by atoms with Gasteiger partial charge in [-0.25, -0.2) is 4.98 Å². The van der Waals surface area contributed by atoms with Crippen molar-refractivity contribution in [2.45, 2.75) is 52.4 Å². The van der Waals surface area contributed by atoms with E-state index in [-0.39, 0.29) is 12.2 Å². The van der Waals surface area contributed by atoms with Gasteiger partial charge in [0.2, 0.25) is 0 Å². The summed E-state index contributed by atoms with van der Waals surface area (Å²) in [5.41, 5.74) is 1.13. The van der Waals surface area contributed by atoms with Crippen molar-refractivity contribution >= 4 is 11.3 Å². The van der Waals surface area contributed by atoms with Gasteiger partial charge in [0.15, 0.2) is 0 Å². The standard InChI is InChI=1S/C15H26N2O2S/c1-4-19-12(3)15-16-14(10-20-15)9-17-7-5-6-13(8-17)11(2)18/h10-13,18H,4-9H2,1-3H3. The molecule has 114 valence electrons. The second kappa shape index (κ2) is 7.50. The van der Waals surface area contributed by atoms with Gasteiger partial charge in [-0.2, -0.15) is 0 Å². The molecule has 0 radical (unpaired) electrons. The first-order chi connectivity index (χ1) is 9.60. The van der Waals surface area contributed by atoms with Crippen LogP contribution in [0.1, 0.15) is 50.4 Å². The van der Waals surface area contributed by atoms with Crippen LogP contribution >= 0.6 is 11.3 Å². The summed E-state index contributed by atoms with van der Waals surface area (Å²) in [4.78, 5) is 7.09. The number of aliphatic hydroxyl groups is 1. The van der Waals surface area contributed by atoms with Gasteiger partial charge in [-0.15, -0.1) is 11.3 Å². The van der Waals surface area contributed by atoms with Crippen LogP contribution in [-0.4, -0.2) is 40.8 Å². The lowest BCUT2D eigenvalue weighted by atomic mass is 9.93. The Balaban J connectivity index is 1.90. The Kier molecular flexibility index (Phi) is 5.96. The number of aliphatic hydroxyl groups excluding tert-OH is 1. The smallest absolute Gasteiger partial charge is 0.122 e. The highest BCUT2D eigenvalue weighted by Crippen LogP contribution is 2.24. The van der Waals surface area contributed by atoms with E-state index >= 15 is 0 Å². The number of likely N-dealkylation sites (tertiary alicyclic amines) is 1. The number of hydrogen-bond donors (Lipinski definition) is 1. The van der Waals surface area contributed by atoms with Gasteiger partial charge < -0.3 is 9.84 Å². The third-order valence-corrected chi connectivity index (χ3v) is 5.00. The Morgan fingerprint density at radius 1 is 1.55 bits per heavy atom. The van der Waals surface area contributed by atoms with Crippen LogP contribution in [0.15, 0.2) is 5.38 Å². The molecule has 0 bridgehead atoms. The van der Waals surface area contributed by atoms with E-state index in [4.69, 9.17) is 4.74 Å². The number of ether oxygens (including phenoxy) is 1. The lowest BCUT2D eigenvalue weighted by Gasteiger charge is -2.33. The minimum Gasteiger partial charge on any atom is -0.393 e. The molecule has 2 heterocycles. The highest BCUT2D eigenvalue weighted by atomic mass is 32.1. The maximum Gasteiger partial charge on any atom is 0.122 e. The molecule has 0 saturated carbocycles. The topological polar surface area (TPSA) is 45.6 Å². The van der Waals surface area contributed by atoms with Crippen molar-refractivity contribution in [2.24, 2.45) is 5.92 Å². The van der Waals surface area contributed by atoms with Crippen LogP contribution in [0.25, 0.3) is 0 Å².